The Labute approximate surface area is 142 Å². The minimum absolute atomic E-state index is 0.0477. The van der Waals surface area contributed by atoms with Crippen molar-refractivity contribution in [1.82, 2.24) is 9.55 Å². The number of hydrogen-bond acceptors (Lipinski definition) is 3. The maximum Gasteiger partial charge on any atom is 0.209 e. The van der Waals surface area contributed by atoms with Gasteiger partial charge in [-0.25, -0.2) is 0 Å². The van der Waals surface area contributed by atoms with Crippen LogP contribution in [0.4, 0.5) is 5.69 Å². The van der Waals surface area contributed by atoms with E-state index < -0.39 is 0 Å². The number of rotatable bonds is 4. The summed E-state index contributed by atoms with van der Waals surface area (Å²) in [6, 6.07) is 13.5. The third-order valence-electron chi connectivity index (χ3n) is 4.29. The summed E-state index contributed by atoms with van der Waals surface area (Å²) in [7, 11) is 1.92. The number of nitrogens with zero attached hydrogens (tertiary/aromatic N) is 2. The number of anilines is 1. The molecule has 0 spiro atoms. The summed E-state index contributed by atoms with van der Waals surface area (Å²) >= 11 is 0. The predicted molar refractivity (Wildman–Crippen MR) is 96.2 cm³/mol. The molecule has 122 valence electrons. The van der Waals surface area contributed by atoms with Crippen LogP contribution in [0.25, 0.3) is 0 Å². The second-order valence-corrected chi connectivity index (χ2v) is 6.18. The van der Waals surface area contributed by atoms with Gasteiger partial charge in [0.15, 0.2) is 0 Å². The van der Waals surface area contributed by atoms with Crippen molar-refractivity contribution < 1.29 is 4.79 Å². The van der Waals surface area contributed by atoms with Gasteiger partial charge in [-0.1, -0.05) is 23.8 Å². The average molecular weight is 319 g/mol. The van der Waals surface area contributed by atoms with Gasteiger partial charge in [0.1, 0.15) is 0 Å². The molecule has 0 radical (unpaired) electrons. The molecule has 4 nitrogen and oxygen atoms in total. The molecular formula is C20H21N3O. The van der Waals surface area contributed by atoms with Crippen LogP contribution in [-0.4, -0.2) is 15.3 Å². The van der Waals surface area contributed by atoms with Gasteiger partial charge >= 0.3 is 0 Å². The lowest BCUT2D eigenvalue weighted by Gasteiger charge is -2.09. The molecule has 0 amide bonds. The maximum atomic E-state index is 12.9. The van der Waals surface area contributed by atoms with Crippen molar-refractivity contribution in [2.45, 2.75) is 20.3 Å². The third-order valence-corrected chi connectivity index (χ3v) is 4.29. The van der Waals surface area contributed by atoms with E-state index in [2.05, 4.69) is 4.98 Å². The Balaban J connectivity index is 1.89. The Bertz CT molecular complexity index is 892. The van der Waals surface area contributed by atoms with Gasteiger partial charge in [-0.15, -0.1) is 0 Å². The number of nitrogens with two attached hydrogens (primary N) is 1. The zero-order valence-electron chi connectivity index (χ0n) is 14.2. The molecule has 3 aromatic rings. The standard InChI is InChI=1S/C20H21N3O/c1-13-4-8-18(14(2)10-13)20(24)19-9-7-17(23(19)3)11-16-6-5-15(21)12-22-16/h4-10,12H,11,21H2,1-3H3. The largest absolute Gasteiger partial charge is 0.397 e. The van der Waals surface area contributed by atoms with Crippen LogP contribution >= 0.6 is 0 Å². The van der Waals surface area contributed by atoms with Gasteiger partial charge in [-0.3, -0.25) is 9.78 Å². The van der Waals surface area contributed by atoms with Crippen LogP contribution in [0.15, 0.2) is 48.7 Å². The highest BCUT2D eigenvalue weighted by molar-refractivity contribution is 6.09. The number of ketones is 1. The van der Waals surface area contributed by atoms with E-state index in [9.17, 15) is 4.79 Å². The van der Waals surface area contributed by atoms with E-state index >= 15 is 0 Å². The van der Waals surface area contributed by atoms with Crippen LogP contribution in [0.2, 0.25) is 0 Å². The Morgan fingerprint density at radius 2 is 1.92 bits per heavy atom. The van der Waals surface area contributed by atoms with E-state index in [1.807, 2.05) is 67.9 Å². The molecule has 4 heteroatoms. The first-order valence-corrected chi connectivity index (χ1v) is 7.92. The van der Waals surface area contributed by atoms with Gasteiger partial charge in [0, 0.05) is 30.4 Å². The second-order valence-electron chi connectivity index (χ2n) is 6.18. The SMILES string of the molecule is Cc1ccc(C(=O)c2ccc(Cc3ccc(N)cn3)n2C)c(C)c1. The smallest absolute Gasteiger partial charge is 0.209 e. The van der Waals surface area contributed by atoms with Gasteiger partial charge in [-0.2, -0.15) is 0 Å². The summed E-state index contributed by atoms with van der Waals surface area (Å²) < 4.78 is 1.94. The van der Waals surface area contributed by atoms with Gasteiger partial charge < -0.3 is 10.3 Å². The maximum absolute atomic E-state index is 12.9. The van der Waals surface area contributed by atoms with Crippen molar-refractivity contribution in [3.8, 4) is 0 Å². The first-order chi connectivity index (χ1) is 11.5. The van der Waals surface area contributed by atoms with E-state index in [1.54, 1.807) is 6.20 Å². The normalized spacial score (nSPS) is 10.8. The number of pyridine rings is 1. The molecule has 0 aliphatic carbocycles. The quantitative estimate of drug-likeness (QED) is 0.749. The van der Waals surface area contributed by atoms with Crippen LogP contribution < -0.4 is 5.73 Å². The summed E-state index contributed by atoms with van der Waals surface area (Å²) in [6.07, 6.45) is 2.32. The monoisotopic (exact) mass is 319 g/mol. The highest BCUT2D eigenvalue weighted by Crippen LogP contribution is 2.19. The lowest BCUT2D eigenvalue weighted by Crippen LogP contribution is -2.11. The summed E-state index contributed by atoms with van der Waals surface area (Å²) in [5.74, 6) is 0.0477. The number of carbonyl (C=O) groups is 1. The molecule has 0 saturated heterocycles. The molecule has 0 saturated carbocycles. The molecule has 0 bridgehead atoms. The van der Waals surface area contributed by atoms with Gasteiger partial charge in [0.05, 0.1) is 17.6 Å². The lowest BCUT2D eigenvalue weighted by molar-refractivity contribution is 0.103. The molecule has 0 fully saturated rings. The Morgan fingerprint density at radius 1 is 1.12 bits per heavy atom. The topological polar surface area (TPSA) is 60.9 Å². The fourth-order valence-electron chi connectivity index (χ4n) is 2.89. The molecule has 3 rings (SSSR count). The van der Waals surface area contributed by atoms with Crippen LogP contribution in [0.1, 0.15) is 38.6 Å². The van der Waals surface area contributed by atoms with E-state index in [1.165, 1.54) is 0 Å². The summed E-state index contributed by atoms with van der Waals surface area (Å²) in [5, 5.41) is 0. The minimum atomic E-state index is 0.0477. The number of benzene rings is 1. The summed E-state index contributed by atoms with van der Waals surface area (Å²) in [6.45, 7) is 4.00. The third kappa shape index (κ3) is 3.08. The molecule has 2 N–H and O–H groups in total. The highest BCUT2D eigenvalue weighted by atomic mass is 16.1. The molecule has 1 aromatic carbocycles. The molecule has 2 aromatic heterocycles. The Morgan fingerprint density at radius 3 is 2.58 bits per heavy atom. The average Bonchev–Trinajstić information content (AvgIpc) is 2.90. The molecule has 0 aliphatic heterocycles. The fourth-order valence-corrected chi connectivity index (χ4v) is 2.89. The highest BCUT2D eigenvalue weighted by Gasteiger charge is 2.16. The molecule has 2 heterocycles. The van der Waals surface area contributed by atoms with Crippen LogP contribution in [0.3, 0.4) is 0 Å². The van der Waals surface area contributed by atoms with Crippen LogP contribution in [0.5, 0.6) is 0 Å². The first-order valence-electron chi connectivity index (χ1n) is 7.92. The van der Waals surface area contributed by atoms with Gasteiger partial charge in [-0.05, 0) is 43.7 Å². The zero-order valence-corrected chi connectivity index (χ0v) is 14.2. The van der Waals surface area contributed by atoms with Crippen molar-refractivity contribution in [2.75, 3.05) is 5.73 Å². The van der Waals surface area contributed by atoms with E-state index in [4.69, 9.17) is 5.73 Å². The van der Waals surface area contributed by atoms with Crippen LogP contribution in [0, 0.1) is 13.8 Å². The number of aromatic nitrogens is 2. The van der Waals surface area contributed by atoms with Gasteiger partial charge in [0.25, 0.3) is 0 Å². The number of nitrogen functional groups attached to an aromatic ring is 1. The van der Waals surface area contributed by atoms with Crippen molar-refractivity contribution in [3.05, 3.63) is 82.4 Å². The Hall–Kier alpha value is -2.88. The predicted octanol–water partition coefficient (Wildman–Crippen LogP) is 3.44. The molecule has 0 atom stereocenters. The lowest BCUT2D eigenvalue weighted by atomic mass is 10.0. The summed E-state index contributed by atoms with van der Waals surface area (Å²) in [4.78, 5) is 17.2. The molecule has 0 aliphatic rings. The van der Waals surface area contributed by atoms with Crippen molar-refractivity contribution in [3.63, 3.8) is 0 Å². The van der Waals surface area contributed by atoms with E-state index in [0.29, 0.717) is 17.8 Å². The number of hydrogen-bond donors (Lipinski definition) is 1. The van der Waals surface area contributed by atoms with Crippen molar-refractivity contribution in [2.24, 2.45) is 7.05 Å². The zero-order chi connectivity index (χ0) is 17.3. The van der Waals surface area contributed by atoms with Crippen molar-refractivity contribution >= 4 is 11.5 Å². The molecule has 0 unspecified atom stereocenters. The van der Waals surface area contributed by atoms with Crippen LogP contribution in [-0.2, 0) is 13.5 Å². The molecule has 24 heavy (non-hydrogen) atoms. The van der Waals surface area contributed by atoms with E-state index in [-0.39, 0.29) is 5.78 Å². The van der Waals surface area contributed by atoms with Gasteiger partial charge in [0.2, 0.25) is 5.78 Å². The summed E-state index contributed by atoms with van der Waals surface area (Å²) in [5.41, 5.74) is 11.9. The van der Waals surface area contributed by atoms with E-state index in [0.717, 1.165) is 28.1 Å². The Kier molecular flexibility index (Phi) is 4.21. The number of carbonyl (C=O) groups excluding carboxylic acids is 1. The molecular weight excluding hydrogens is 298 g/mol. The second kappa shape index (κ2) is 6.32. The number of aryl methyl sites for hydroxylation is 2. The minimum Gasteiger partial charge on any atom is -0.397 e. The fraction of sp³-hybridized carbons (Fsp3) is 0.200. The van der Waals surface area contributed by atoms with Crippen molar-refractivity contribution in [1.29, 1.82) is 0 Å². The first kappa shape index (κ1) is 16.0.